The summed E-state index contributed by atoms with van der Waals surface area (Å²) in [5.74, 6) is -0.415. The number of nitrogens with one attached hydrogen (secondary N) is 2. The van der Waals surface area contributed by atoms with Gasteiger partial charge in [0, 0.05) is 17.5 Å². The first-order chi connectivity index (χ1) is 13.7. The normalized spacial score (nSPS) is 11.4. The lowest BCUT2D eigenvalue weighted by Crippen LogP contribution is -2.19. The van der Waals surface area contributed by atoms with Crippen molar-refractivity contribution in [2.24, 2.45) is 0 Å². The number of amides is 1. The average molecular weight is 405 g/mol. The zero-order valence-electron chi connectivity index (χ0n) is 15.4. The second-order valence-electron chi connectivity index (χ2n) is 6.35. The number of H-pyrrole nitrogens is 1. The van der Waals surface area contributed by atoms with Gasteiger partial charge in [0.05, 0.1) is 18.0 Å². The van der Waals surface area contributed by atoms with Crippen LogP contribution in [-0.2, 0) is 11.3 Å². The fraction of sp³-hybridized carbons (Fsp3) is 0.200. The number of anilines is 1. The lowest BCUT2D eigenvalue weighted by Gasteiger charge is -2.13. The van der Waals surface area contributed by atoms with E-state index in [9.17, 15) is 22.8 Å². The molecule has 0 unspecified atom stereocenters. The van der Waals surface area contributed by atoms with Gasteiger partial charge < -0.3 is 15.0 Å². The van der Waals surface area contributed by atoms with Gasteiger partial charge in [-0.25, -0.2) is 4.79 Å². The van der Waals surface area contributed by atoms with E-state index in [1.54, 1.807) is 37.4 Å². The molecule has 0 aliphatic heterocycles. The maximum Gasteiger partial charge on any atom is 0.411 e. The number of carbonyl (C=O) groups excluding carboxylic acids is 1. The predicted octanol–water partition coefficient (Wildman–Crippen LogP) is 3.81. The number of nitrogens with zero attached hydrogens (tertiary/aromatic N) is 1. The Labute approximate surface area is 163 Å². The molecule has 0 fully saturated rings. The molecule has 0 aliphatic carbocycles. The topological polar surface area (TPSA) is 76.1 Å². The Morgan fingerprint density at radius 1 is 1.14 bits per heavy atom. The molecule has 0 saturated heterocycles. The molecular formula is C20H18F3N3O3. The minimum Gasteiger partial charge on any atom is -0.367 e. The Morgan fingerprint density at radius 2 is 1.83 bits per heavy atom. The number of para-hydroxylation sites is 2. The van der Waals surface area contributed by atoms with E-state index in [4.69, 9.17) is 0 Å². The Balaban J connectivity index is 1.72. The molecule has 29 heavy (non-hydrogen) atoms. The molecular weight excluding hydrogens is 387 g/mol. The van der Waals surface area contributed by atoms with Crippen molar-refractivity contribution in [1.82, 2.24) is 9.55 Å². The van der Waals surface area contributed by atoms with E-state index in [1.165, 1.54) is 28.8 Å². The monoisotopic (exact) mass is 405 g/mol. The molecule has 1 amide bonds. The van der Waals surface area contributed by atoms with Crippen LogP contribution < -0.4 is 11.0 Å². The molecule has 0 atom stereocenters. The first-order valence-electron chi connectivity index (χ1n) is 8.66. The van der Waals surface area contributed by atoms with Gasteiger partial charge in [-0.3, -0.25) is 9.36 Å². The van der Waals surface area contributed by atoms with Crippen LogP contribution in [0.1, 0.15) is 21.6 Å². The number of imidazole rings is 1. The van der Waals surface area contributed by atoms with Crippen LogP contribution in [0.4, 0.5) is 18.9 Å². The summed E-state index contributed by atoms with van der Waals surface area (Å²) < 4.78 is 42.4. The number of carbonyl (C=O) groups is 1. The fourth-order valence-electron chi connectivity index (χ4n) is 2.76. The van der Waals surface area contributed by atoms with E-state index in [-0.39, 0.29) is 12.3 Å². The molecule has 0 bridgehead atoms. The molecule has 6 nitrogen and oxygen atoms in total. The zero-order chi connectivity index (χ0) is 21.0. The van der Waals surface area contributed by atoms with E-state index in [2.05, 4.69) is 15.0 Å². The Morgan fingerprint density at radius 3 is 2.45 bits per heavy atom. The Kier molecular flexibility index (Phi) is 5.88. The zero-order valence-corrected chi connectivity index (χ0v) is 15.4. The smallest absolute Gasteiger partial charge is 0.367 e. The summed E-state index contributed by atoms with van der Waals surface area (Å²) >= 11 is 0. The lowest BCUT2D eigenvalue weighted by atomic mass is 10.1. The highest BCUT2D eigenvalue weighted by atomic mass is 19.4. The first-order valence-corrected chi connectivity index (χ1v) is 8.66. The largest absolute Gasteiger partial charge is 0.411 e. The highest BCUT2D eigenvalue weighted by Crippen LogP contribution is 2.21. The van der Waals surface area contributed by atoms with Crippen molar-refractivity contribution in [3.8, 4) is 5.69 Å². The van der Waals surface area contributed by atoms with Crippen molar-refractivity contribution < 1.29 is 22.7 Å². The number of aromatic amines is 1. The van der Waals surface area contributed by atoms with Gasteiger partial charge in [0.1, 0.15) is 6.61 Å². The molecule has 1 aromatic heterocycles. The number of aromatic nitrogens is 2. The summed E-state index contributed by atoms with van der Waals surface area (Å²) in [5, 5.41) is 2.76. The number of rotatable bonds is 6. The quantitative estimate of drug-likeness (QED) is 0.655. The molecule has 3 aromatic rings. The van der Waals surface area contributed by atoms with Gasteiger partial charge in [0.15, 0.2) is 0 Å². The minimum atomic E-state index is -4.38. The van der Waals surface area contributed by atoms with Crippen LogP contribution in [0.5, 0.6) is 0 Å². The summed E-state index contributed by atoms with van der Waals surface area (Å²) in [6.45, 7) is 0.222. The van der Waals surface area contributed by atoms with Gasteiger partial charge in [0.2, 0.25) is 0 Å². The van der Waals surface area contributed by atoms with Crippen LogP contribution >= 0.6 is 0 Å². The van der Waals surface area contributed by atoms with Gasteiger partial charge in [-0.1, -0.05) is 24.3 Å². The number of aryl methyl sites for hydroxylation is 1. The van der Waals surface area contributed by atoms with Gasteiger partial charge in [0.25, 0.3) is 5.91 Å². The van der Waals surface area contributed by atoms with Crippen molar-refractivity contribution in [2.75, 3.05) is 11.9 Å². The highest BCUT2D eigenvalue weighted by molar-refractivity contribution is 6.05. The number of hydrogen-bond acceptors (Lipinski definition) is 3. The van der Waals surface area contributed by atoms with Crippen LogP contribution in [0.15, 0.2) is 59.5 Å². The molecule has 2 aromatic carbocycles. The average Bonchev–Trinajstić information content (AvgIpc) is 3.00. The van der Waals surface area contributed by atoms with Crippen molar-refractivity contribution in [2.45, 2.75) is 19.7 Å². The van der Waals surface area contributed by atoms with E-state index in [0.717, 1.165) is 0 Å². The summed E-state index contributed by atoms with van der Waals surface area (Å²) in [7, 11) is 0. The molecule has 0 saturated carbocycles. The van der Waals surface area contributed by atoms with Gasteiger partial charge >= 0.3 is 11.9 Å². The summed E-state index contributed by atoms with van der Waals surface area (Å²) in [6, 6.07) is 12.9. The summed E-state index contributed by atoms with van der Waals surface area (Å²) in [4.78, 5) is 27.2. The second kappa shape index (κ2) is 8.36. The number of halogens is 3. The third-order valence-electron chi connectivity index (χ3n) is 4.10. The van der Waals surface area contributed by atoms with E-state index in [0.29, 0.717) is 28.2 Å². The highest BCUT2D eigenvalue weighted by Gasteiger charge is 2.27. The van der Waals surface area contributed by atoms with Crippen molar-refractivity contribution in [3.63, 3.8) is 0 Å². The summed E-state index contributed by atoms with van der Waals surface area (Å²) in [5.41, 5.74) is 2.15. The second-order valence-corrected chi connectivity index (χ2v) is 6.35. The van der Waals surface area contributed by atoms with Gasteiger partial charge in [-0.15, -0.1) is 0 Å². The number of alkyl halides is 3. The molecule has 152 valence electrons. The van der Waals surface area contributed by atoms with Gasteiger partial charge in [-0.05, 0) is 36.8 Å². The van der Waals surface area contributed by atoms with Crippen molar-refractivity contribution >= 4 is 11.6 Å². The summed E-state index contributed by atoms with van der Waals surface area (Å²) in [6.07, 6.45) is -2.81. The van der Waals surface area contributed by atoms with Crippen molar-refractivity contribution in [1.29, 1.82) is 0 Å². The number of hydrogen-bond donors (Lipinski definition) is 2. The SMILES string of the molecule is Cc1c[nH]c(=O)n1-c1ccccc1NC(=O)c1ccc(COCC(F)(F)F)cc1. The van der Waals surface area contributed by atoms with Crippen LogP contribution in [-0.4, -0.2) is 28.2 Å². The molecule has 9 heteroatoms. The number of ether oxygens (including phenoxy) is 1. The van der Waals surface area contributed by atoms with Crippen LogP contribution in [0, 0.1) is 6.92 Å². The maximum atomic E-state index is 12.6. The van der Waals surface area contributed by atoms with Crippen LogP contribution in [0.25, 0.3) is 5.69 Å². The van der Waals surface area contributed by atoms with E-state index >= 15 is 0 Å². The Hall–Kier alpha value is -3.33. The minimum absolute atomic E-state index is 0.208. The third-order valence-corrected chi connectivity index (χ3v) is 4.10. The van der Waals surface area contributed by atoms with Crippen molar-refractivity contribution in [3.05, 3.63) is 82.0 Å². The first kappa shape index (κ1) is 20.4. The number of benzene rings is 2. The molecule has 3 rings (SSSR count). The predicted molar refractivity (Wildman–Crippen MR) is 101 cm³/mol. The molecule has 0 radical (unpaired) electrons. The van der Waals surface area contributed by atoms with Crippen LogP contribution in [0.2, 0.25) is 0 Å². The van der Waals surface area contributed by atoms with E-state index < -0.39 is 18.7 Å². The van der Waals surface area contributed by atoms with E-state index in [1.807, 2.05) is 0 Å². The molecule has 0 spiro atoms. The fourth-order valence-corrected chi connectivity index (χ4v) is 2.76. The maximum absolute atomic E-state index is 12.6. The third kappa shape index (κ3) is 5.14. The molecule has 2 N–H and O–H groups in total. The van der Waals surface area contributed by atoms with Gasteiger partial charge in [-0.2, -0.15) is 13.2 Å². The van der Waals surface area contributed by atoms with Crippen LogP contribution in [0.3, 0.4) is 0 Å². The lowest BCUT2D eigenvalue weighted by molar-refractivity contribution is -0.176. The standard InChI is InChI=1S/C20H18F3N3O3/c1-13-10-24-19(28)26(13)17-5-3-2-4-16(17)25-18(27)15-8-6-14(7-9-15)11-29-12-20(21,22)23/h2-10H,11-12H2,1H3,(H,24,28)(H,25,27). The molecule has 0 aliphatic rings. The molecule has 1 heterocycles. The Bertz CT molecular complexity index is 1050.